The molecule has 5 aliphatic heterocycles. The summed E-state index contributed by atoms with van der Waals surface area (Å²) in [5.41, 5.74) is 7.90. The number of carbonyl (C=O) groups excluding carboxylic acids is 1. The van der Waals surface area contributed by atoms with Gasteiger partial charge in [0.1, 0.15) is 0 Å². The van der Waals surface area contributed by atoms with E-state index >= 15 is 0 Å². The minimum atomic E-state index is 0.231. The van der Waals surface area contributed by atoms with Crippen LogP contribution in [0.1, 0.15) is 92.9 Å². The molecule has 5 heterocycles. The molecule has 11 nitrogen and oxygen atoms in total. The number of piperidine rings is 1. The Morgan fingerprint density at radius 1 is 0.932 bits per heavy atom. The van der Waals surface area contributed by atoms with Crippen LogP contribution < -0.4 is 16.4 Å². The summed E-state index contributed by atoms with van der Waals surface area (Å²) in [6, 6.07) is 0. The van der Waals surface area contributed by atoms with Gasteiger partial charge in [-0.2, -0.15) is 0 Å². The Morgan fingerprint density at radius 3 is 1.89 bits per heavy atom. The van der Waals surface area contributed by atoms with Gasteiger partial charge in [0, 0.05) is 83.8 Å². The molecule has 0 aromatic carbocycles. The average molecular weight is 622 g/mol. The van der Waals surface area contributed by atoms with Gasteiger partial charge < -0.3 is 26.0 Å². The van der Waals surface area contributed by atoms with Gasteiger partial charge in [-0.15, -0.1) is 0 Å². The van der Waals surface area contributed by atoms with Crippen LogP contribution in [0.5, 0.6) is 0 Å². The molecular formula is C33H67N9O2. The molecule has 0 aliphatic carbocycles. The van der Waals surface area contributed by atoms with E-state index in [2.05, 4.69) is 49.4 Å². The molecule has 4 N–H and O–H groups in total. The van der Waals surface area contributed by atoms with E-state index in [-0.39, 0.29) is 5.91 Å². The molecule has 0 radical (unpaired) electrons. The largest absolute Gasteiger partial charge is 0.388 e. The lowest BCUT2D eigenvalue weighted by molar-refractivity contribution is -0.129. The van der Waals surface area contributed by atoms with Crippen LogP contribution in [0.2, 0.25) is 0 Å². The molecule has 44 heavy (non-hydrogen) atoms. The highest BCUT2D eigenvalue weighted by Gasteiger charge is 2.11. The van der Waals surface area contributed by atoms with Crippen LogP contribution in [0.15, 0.2) is 20.0 Å². The first kappa shape index (κ1) is 41.6. The zero-order valence-electron chi connectivity index (χ0n) is 29.4. The summed E-state index contributed by atoms with van der Waals surface area (Å²) >= 11 is 0. The molecular weight excluding hydrogens is 554 g/mol. The minimum absolute atomic E-state index is 0.231. The lowest BCUT2D eigenvalue weighted by atomic mass is 10.1. The number of morpholine rings is 1. The van der Waals surface area contributed by atoms with E-state index in [0.717, 1.165) is 91.0 Å². The van der Waals surface area contributed by atoms with E-state index in [1.807, 2.05) is 25.8 Å². The quantitative estimate of drug-likeness (QED) is 0.316. The van der Waals surface area contributed by atoms with E-state index in [1.54, 1.807) is 13.8 Å². The maximum atomic E-state index is 10.7. The molecule has 0 saturated carbocycles. The number of hydrogen-bond donors (Lipinski definition) is 3. The zero-order chi connectivity index (χ0) is 32.8. The van der Waals surface area contributed by atoms with Crippen LogP contribution in [0.25, 0.3) is 0 Å². The predicted octanol–water partition coefficient (Wildman–Crippen LogP) is 3.82. The van der Waals surface area contributed by atoms with Gasteiger partial charge >= 0.3 is 0 Å². The molecule has 0 atom stereocenters. The van der Waals surface area contributed by atoms with Gasteiger partial charge in [-0.25, -0.2) is 0 Å². The van der Waals surface area contributed by atoms with Crippen molar-refractivity contribution < 1.29 is 9.53 Å². The number of rotatable bonds is 5. The maximum Gasteiger partial charge on any atom is 0.219 e. The summed E-state index contributed by atoms with van der Waals surface area (Å²) in [7, 11) is 1.99. The van der Waals surface area contributed by atoms with E-state index in [4.69, 9.17) is 10.5 Å². The number of nitrogens with two attached hydrogens (primary N) is 1. The molecule has 2 saturated heterocycles. The second-order valence-corrected chi connectivity index (χ2v) is 11.3. The van der Waals surface area contributed by atoms with E-state index in [1.165, 1.54) is 62.8 Å². The topological polar surface area (TPSA) is 132 Å². The van der Waals surface area contributed by atoms with Crippen molar-refractivity contribution >= 4 is 29.0 Å². The molecule has 0 unspecified atom stereocenters. The highest BCUT2D eigenvalue weighted by Crippen LogP contribution is 2.08. The molecule has 0 spiro atoms. The number of likely N-dealkylation sites (N-methyl/N-ethyl adjacent to an activating group) is 1. The van der Waals surface area contributed by atoms with Crippen LogP contribution in [0.3, 0.4) is 0 Å². The van der Waals surface area contributed by atoms with Crippen molar-refractivity contribution in [2.24, 2.45) is 25.7 Å². The smallest absolute Gasteiger partial charge is 0.219 e. The first-order valence-electron chi connectivity index (χ1n) is 17.0. The van der Waals surface area contributed by atoms with Crippen molar-refractivity contribution in [3.63, 3.8) is 0 Å². The first-order chi connectivity index (χ1) is 21.2. The van der Waals surface area contributed by atoms with Gasteiger partial charge in [-0.3, -0.25) is 29.7 Å². The maximum absolute atomic E-state index is 10.7. The Morgan fingerprint density at radius 2 is 1.59 bits per heavy atom. The van der Waals surface area contributed by atoms with Gasteiger partial charge in [-0.1, -0.05) is 6.92 Å². The predicted molar refractivity (Wildman–Crippen MR) is 190 cm³/mol. The summed E-state index contributed by atoms with van der Waals surface area (Å²) < 4.78 is 5.22. The summed E-state index contributed by atoms with van der Waals surface area (Å²) in [6.45, 7) is 24.8. The molecule has 1 amide bonds. The molecule has 0 aromatic heterocycles. The fourth-order valence-electron chi connectivity index (χ4n) is 4.64. The minimum Gasteiger partial charge on any atom is -0.388 e. The van der Waals surface area contributed by atoms with Gasteiger partial charge in [0.25, 0.3) is 0 Å². The monoisotopic (exact) mass is 622 g/mol. The SMILES string of the molecule is CC(=O)N1CCCCC1.CC1=NCCC1.CC1=NCCN1.CCC1=NCCC1.CCN=C(C)N.CNCCN1CCOCC1. The Hall–Kier alpha value is -2.37. The van der Waals surface area contributed by atoms with Crippen LogP contribution >= 0.6 is 0 Å². The molecule has 5 aliphatic rings. The number of likely N-dealkylation sites (tertiary alicyclic amines) is 1. The lowest BCUT2D eigenvalue weighted by Crippen LogP contribution is -2.39. The molecule has 2 fully saturated rings. The number of carbonyl (C=O) groups is 1. The molecule has 256 valence electrons. The summed E-state index contributed by atoms with van der Waals surface area (Å²) in [4.78, 5) is 31.3. The average Bonchev–Trinajstić information content (AvgIpc) is 3.84. The number of ether oxygens (including phenoxy) is 1. The van der Waals surface area contributed by atoms with E-state index in [9.17, 15) is 4.79 Å². The van der Waals surface area contributed by atoms with E-state index < -0.39 is 0 Å². The Labute approximate surface area is 269 Å². The Balaban J connectivity index is 0.000000511. The lowest BCUT2D eigenvalue weighted by Gasteiger charge is -2.26. The Kier molecular flexibility index (Phi) is 27.8. The number of aliphatic imine (C=N–C) groups is 4. The zero-order valence-corrected chi connectivity index (χ0v) is 29.4. The van der Waals surface area contributed by atoms with Crippen LogP contribution in [0, 0.1) is 0 Å². The Bertz CT molecular complexity index is 805. The molecule has 5 rings (SSSR count). The number of amides is 1. The van der Waals surface area contributed by atoms with Gasteiger partial charge in [0.2, 0.25) is 5.91 Å². The number of amidine groups is 2. The molecule has 0 bridgehead atoms. The van der Waals surface area contributed by atoms with Gasteiger partial charge in [-0.05, 0) is 86.1 Å². The fourth-order valence-corrected chi connectivity index (χ4v) is 4.64. The van der Waals surface area contributed by atoms with Crippen molar-refractivity contribution in [2.45, 2.75) is 92.9 Å². The summed E-state index contributed by atoms with van der Waals surface area (Å²) in [5, 5.41) is 6.20. The normalized spacial score (nSPS) is 19.3. The van der Waals surface area contributed by atoms with Crippen LogP contribution in [0.4, 0.5) is 0 Å². The third-order valence-corrected chi connectivity index (χ3v) is 7.28. The molecule has 11 heteroatoms. The van der Waals surface area contributed by atoms with Crippen molar-refractivity contribution in [1.29, 1.82) is 0 Å². The van der Waals surface area contributed by atoms with Crippen molar-refractivity contribution in [2.75, 3.05) is 92.3 Å². The third-order valence-electron chi connectivity index (χ3n) is 7.28. The number of nitrogens with one attached hydrogen (secondary N) is 2. The summed E-state index contributed by atoms with van der Waals surface area (Å²) in [6.07, 6.45) is 9.93. The highest BCUT2D eigenvalue weighted by molar-refractivity contribution is 5.85. The van der Waals surface area contributed by atoms with E-state index in [0.29, 0.717) is 5.84 Å². The van der Waals surface area contributed by atoms with Gasteiger partial charge in [0.05, 0.1) is 31.4 Å². The van der Waals surface area contributed by atoms with Gasteiger partial charge in [0.15, 0.2) is 0 Å². The highest BCUT2D eigenvalue weighted by atomic mass is 16.5. The second-order valence-electron chi connectivity index (χ2n) is 11.3. The first-order valence-corrected chi connectivity index (χ1v) is 17.0. The van der Waals surface area contributed by atoms with Crippen molar-refractivity contribution in [3.05, 3.63) is 0 Å². The second kappa shape index (κ2) is 29.3. The number of nitrogens with zero attached hydrogens (tertiary/aromatic N) is 6. The third kappa shape index (κ3) is 26.1. The van der Waals surface area contributed by atoms with Crippen LogP contribution in [-0.2, 0) is 9.53 Å². The van der Waals surface area contributed by atoms with Crippen molar-refractivity contribution in [1.82, 2.24) is 20.4 Å². The fraction of sp³-hybridized carbons (Fsp3) is 0.848. The van der Waals surface area contributed by atoms with Crippen LogP contribution in [-0.4, -0.2) is 131 Å². The molecule has 0 aromatic rings. The summed E-state index contributed by atoms with van der Waals surface area (Å²) in [5.74, 6) is 1.97. The number of hydrogen-bond acceptors (Lipinski definition) is 9. The standard InChI is InChI=1S/C7H16N2O.C7H13NO.C6H11N.C5H9N.C4H8N2.C4H10N2/c1-8-2-3-9-4-6-10-7-5-9;1-7(9)8-5-3-2-4-6-8;1-2-6-4-3-5-7-6;1-5-3-2-4-6-5;1-4-5-2-3-6-4;1-3-6-4(2)5/h8H,2-7H2,1H3;2-6H2,1H3;2-5H2,1H3;2-4H2,1H3;2-3H2,1H3,(H,5,6);3H2,1-2H3,(H2,5,6). The van der Waals surface area contributed by atoms with Crippen molar-refractivity contribution in [3.8, 4) is 0 Å².